The van der Waals surface area contributed by atoms with E-state index in [4.69, 9.17) is 0 Å². The zero-order valence-corrected chi connectivity index (χ0v) is 12.9. The standard InChI is InChI=1S/C17H20FN3O2/c18-15-3-1-13(2-4-15)16-5-8-19-21(16)17(23)14-6-9-20(10-7-14)11-12-22/h1-4,8,12,14,16H,5-7,9-11H2/t16-/m0/s1. The molecule has 0 radical (unpaired) electrons. The lowest BCUT2D eigenvalue weighted by Crippen LogP contribution is -2.41. The summed E-state index contributed by atoms with van der Waals surface area (Å²) in [6.45, 7) is 1.95. The SMILES string of the molecule is O=CCN1CCC(C(=O)N2N=CC[C@H]2c2ccc(F)cc2)CC1. The van der Waals surface area contributed by atoms with Gasteiger partial charge in [-0.15, -0.1) is 0 Å². The van der Waals surface area contributed by atoms with Gasteiger partial charge in [0.25, 0.3) is 0 Å². The molecule has 0 bridgehead atoms. The van der Waals surface area contributed by atoms with Gasteiger partial charge >= 0.3 is 0 Å². The molecule has 0 spiro atoms. The van der Waals surface area contributed by atoms with Gasteiger partial charge in [-0.1, -0.05) is 12.1 Å². The van der Waals surface area contributed by atoms with Gasteiger partial charge in [0.1, 0.15) is 12.1 Å². The number of carbonyl (C=O) groups is 2. The Labute approximate surface area is 134 Å². The molecule has 5 nitrogen and oxygen atoms in total. The average Bonchev–Trinajstić information content (AvgIpc) is 3.05. The summed E-state index contributed by atoms with van der Waals surface area (Å²) in [4.78, 5) is 25.4. The Morgan fingerprint density at radius 3 is 2.61 bits per heavy atom. The highest BCUT2D eigenvalue weighted by Gasteiger charge is 2.34. The van der Waals surface area contributed by atoms with Crippen molar-refractivity contribution in [1.82, 2.24) is 9.91 Å². The minimum absolute atomic E-state index is 0.0267. The van der Waals surface area contributed by atoms with E-state index in [0.717, 1.165) is 37.8 Å². The summed E-state index contributed by atoms with van der Waals surface area (Å²) in [7, 11) is 0. The van der Waals surface area contributed by atoms with Crippen LogP contribution in [0.25, 0.3) is 0 Å². The zero-order chi connectivity index (χ0) is 16.2. The van der Waals surface area contributed by atoms with E-state index in [-0.39, 0.29) is 23.7 Å². The van der Waals surface area contributed by atoms with Gasteiger partial charge in [0.05, 0.1) is 12.6 Å². The number of halogens is 1. The summed E-state index contributed by atoms with van der Waals surface area (Å²) in [5, 5.41) is 5.79. The molecule has 23 heavy (non-hydrogen) atoms. The third kappa shape index (κ3) is 3.47. The average molecular weight is 317 g/mol. The highest BCUT2D eigenvalue weighted by atomic mass is 19.1. The van der Waals surface area contributed by atoms with Crippen molar-refractivity contribution in [3.05, 3.63) is 35.6 Å². The van der Waals surface area contributed by atoms with Crippen molar-refractivity contribution < 1.29 is 14.0 Å². The van der Waals surface area contributed by atoms with Crippen molar-refractivity contribution in [3.63, 3.8) is 0 Å². The molecule has 2 aliphatic heterocycles. The molecule has 1 aromatic rings. The maximum atomic E-state index is 13.1. The molecular weight excluding hydrogens is 297 g/mol. The maximum Gasteiger partial charge on any atom is 0.246 e. The van der Waals surface area contributed by atoms with Crippen molar-refractivity contribution in [3.8, 4) is 0 Å². The van der Waals surface area contributed by atoms with E-state index >= 15 is 0 Å². The number of hydrogen-bond acceptors (Lipinski definition) is 4. The Morgan fingerprint density at radius 2 is 1.96 bits per heavy atom. The maximum absolute atomic E-state index is 13.1. The van der Waals surface area contributed by atoms with Crippen LogP contribution in [-0.4, -0.2) is 48.0 Å². The van der Waals surface area contributed by atoms with Crippen LogP contribution in [0.1, 0.15) is 30.9 Å². The van der Waals surface area contributed by atoms with E-state index in [1.165, 1.54) is 12.1 Å². The van der Waals surface area contributed by atoms with Crippen LogP contribution in [0.2, 0.25) is 0 Å². The molecule has 3 rings (SSSR count). The Bertz CT molecular complexity index is 594. The molecule has 1 fully saturated rings. The fourth-order valence-corrected chi connectivity index (χ4v) is 3.24. The van der Waals surface area contributed by atoms with Crippen LogP contribution >= 0.6 is 0 Å². The summed E-state index contributed by atoms with van der Waals surface area (Å²) >= 11 is 0. The number of hydrazone groups is 1. The Balaban J connectivity index is 1.65. The predicted octanol–water partition coefficient (Wildman–Crippen LogP) is 2.00. The molecule has 2 heterocycles. The molecule has 1 aromatic carbocycles. The first-order chi connectivity index (χ1) is 11.2. The summed E-state index contributed by atoms with van der Waals surface area (Å²) in [5.41, 5.74) is 0.899. The summed E-state index contributed by atoms with van der Waals surface area (Å²) in [5.74, 6) is -0.317. The minimum atomic E-state index is -0.284. The molecule has 0 unspecified atom stereocenters. The molecule has 1 saturated heterocycles. The largest absolute Gasteiger partial charge is 0.302 e. The molecule has 0 aromatic heterocycles. The number of hydrogen-bond donors (Lipinski definition) is 0. The van der Waals surface area contributed by atoms with E-state index < -0.39 is 0 Å². The molecule has 122 valence electrons. The summed E-state index contributed by atoms with van der Waals surface area (Å²) in [6.07, 6.45) is 4.79. The van der Waals surface area contributed by atoms with Crippen LogP contribution in [0.3, 0.4) is 0 Å². The molecule has 1 amide bonds. The van der Waals surface area contributed by atoms with Gasteiger partial charge in [-0.3, -0.25) is 9.69 Å². The number of amides is 1. The first kappa shape index (κ1) is 15.8. The van der Waals surface area contributed by atoms with Crippen LogP contribution in [0.15, 0.2) is 29.4 Å². The number of likely N-dealkylation sites (tertiary alicyclic amines) is 1. The van der Waals surface area contributed by atoms with Crippen molar-refractivity contribution in [2.24, 2.45) is 11.0 Å². The second-order valence-corrected chi connectivity index (χ2v) is 6.03. The number of aldehydes is 1. The van der Waals surface area contributed by atoms with Crippen molar-refractivity contribution in [1.29, 1.82) is 0 Å². The Hall–Kier alpha value is -2.08. The Morgan fingerprint density at radius 1 is 1.26 bits per heavy atom. The van der Waals surface area contributed by atoms with Crippen LogP contribution in [0.5, 0.6) is 0 Å². The zero-order valence-electron chi connectivity index (χ0n) is 12.9. The summed E-state index contributed by atoms with van der Waals surface area (Å²) < 4.78 is 13.1. The van der Waals surface area contributed by atoms with E-state index in [0.29, 0.717) is 13.0 Å². The third-order valence-corrected chi connectivity index (χ3v) is 4.58. The molecule has 0 N–H and O–H groups in total. The van der Waals surface area contributed by atoms with E-state index in [1.54, 1.807) is 23.4 Å². The molecule has 6 heteroatoms. The smallest absolute Gasteiger partial charge is 0.246 e. The van der Waals surface area contributed by atoms with Crippen LogP contribution < -0.4 is 0 Å². The highest BCUT2D eigenvalue weighted by Crippen LogP contribution is 2.31. The van der Waals surface area contributed by atoms with Crippen LogP contribution in [-0.2, 0) is 9.59 Å². The number of rotatable bonds is 4. The highest BCUT2D eigenvalue weighted by molar-refractivity contribution is 5.82. The van der Waals surface area contributed by atoms with Gasteiger partial charge < -0.3 is 4.79 Å². The van der Waals surface area contributed by atoms with Crippen molar-refractivity contribution in [2.45, 2.75) is 25.3 Å². The summed E-state index contributed by atoms with van der Waals surface area (Å²) in [6, 6.07) is 6.10. The molecule has 1 atom stereocenters. The molecule has 2 aliphatic rings. The van der Waals surface area contributed by atoms with Gasteiger partial charge in [-0.25, -0.2) is 9.40 Å². The fourth-order valence-electron chi connectivity index (χ4n) is 3.24. The quantitative estimate of drug-likeness (QED) is 0.798. The number of carbonyl (C=O) groups excluding carboxylic acids is 2. The first-order valence-electron chi connectivity index (χ1n) is 7.96. The van der Waals surface area contributed by atoms with Gasteiger partial charge in [0.15, 0.2) is 0 Å². The van der Waals surface area contributed by atoms with E-state index in [2.05, 4.69) is 10.0 Å². The molecule has 0 saturated carbocycles. The predicted molar refractivity (Wildman–Crippen MR) is 84.3 cm³/mol. The van der Waals surface area contributed by atoms with Gasteiger partial charge in [0.2, 0.25) is 5.91 Å². The van der Waals surface area contributed by atoms with Gasteiger partial charge in [0, 0.05) is 18.6 Å². The second kappa shape index (κ2) is 7.00. The number of nitrogens with zero attached hydrogens (tertiary/aromatic N) is 3. The lowest BCUT2D eigenvalue weighted by Gasteiger charge is -2.32. The normalized spacial score (nSPS) is 22.5. The van der Waals surface area contributed by atoms with Crippen LogP contribution in [0.4, 0.5) is 4.39 Å². The van der Waals surface area contributed by atoms with Gasteiger partial charge in [-0.05, 0) is 43.6 Å². The lowest BCUT2D eigenvalue weighted by molar-refractivity contribution is -0.139. The van der Waals surface area contributed by atoms with Crippen LogP contribution in [0, 0.1) is 11.7 Å². The third-order valence-electron chi connectivity index (χ3n) is 4.58. The second-order valence-electron chi connectivity index (χ2n) is 6.03. The van der Waals surface area contributed by atoms with E-state index in [1.807, 2.05) is 0 Å². The Kier molecular flexibility index (Phi) is 4.81. The van der Waals surface area contributed by atoms with Crippen molar-refractivity contribution >= 4 is 18.4 Å². The fraction of sp³-hybridized carbons (Fsp3) is 0.471. The molecule has 0 aliphatic carbocycles. The lowest BCUT2D eigenvalue weighted by atomic mass is 9.94. The number of benzene rings is 1. The van der Waals surface area contributed by atoms with Gasteiger partial charge in [-0.2, -0.15) is 5.10 Å². The molecular formula is C17H20FN3O2. The monoisotopic (exact) mass is 317 g/mol. The minimum Gasteiger partial charge on any atom is -0.302 e. The first-order valence-corrected chi connectivity index (χ1v) is 7.96. The van der Waals surface area contributed by atoms with E-state index in [9.17, 15) is 14.0 Å². The topological polar surface area (TPSA) is 53.0 Å². The van der Waals surface area contributed by atoms with Crippen molar-refractivity contribution in [2.75, 3.05) is 19.6 Å². The number of piperidine rings is 1.